The van der Waals surface area contributed by atoms with E-state index in [0.29, 0.717) is 11.3 Å². The summed E-state index contributed by atoms with van der Waals surface area (Å²) >= 11 is 0. The fourth-order valence-corrected chi connectivity index (χ4v) is 4.66. The van der Waals surface area contributed by atoms with Crippen molar-refractivity contribution in [3.8, 4) is 0 Å². The number of rotatable bonds is 1. The minimum atomic E-state index is -0.421. The van der Waals surface area contributed by atoms with E-state index in [2.05, 4.69) is 40.7 Å². The molecule has 0 saturated heterocycles. The van der Waals surface area contributed by atoms with Crippen LogP contribution in [0.4, 0.5) is 0 Å². The first-order valence-electron chi connectivity index (χ1n) is 8.43. The monoisotopic (exact) mass is 288 g/mol. The van der Waals surface area contributed by atoms with Crippen LogP contribution in [0.5, 0.6) is 0 Å². The smallest absolute Gasteiger partial charge is 0.335 e. The Balaban J connectivity index is 2.03. The summed E-state index contributed by atoms with van der Waals surface area (Å²) in [4.78, 5) is 12.2. The topological polar surface area (TPSA) is 26.3 Å². The second-order valence-electron chi connectivity index (χ2n) is 8.12. The van der Waals surface area contributed by atoms with Gasteiger partial charge in [-0.2, -0.15) is 0 Å². The predicted molar refractivity (Wildman–Crippen MR) is 84.8 cm³/mol. The molecule has 2 heteroatoms. The SMILES string of the molecule is CC1=C2CCCC(C)(C)[C@@H]2CC[C@@]12C=C(C(C)C)C(=O)O2. The zero-order chi connectivity index (χ0) is 15.4. The van der Waals surface area contributed by atoms with Crippen molar-refractivity contribution in [2.24, 2.45) is 17.3 Å². The summed E-state index contributed by atoms with van der Waals surface area (Å²) in [6.45, 7) is 11.2. The van der Waals surface area contributed by atoms with Crippen molar-refractivity contribution in [1.82, 2.24) is 0 Å². The number of allylic oxidation sites excluding steroid dienone is 1. The van der Waals surface area contributed by atoms with Gasteiger partial charge < -0.3 is 4.74 Å². The van der Waals surface area contributed by atoms with Gasteiger partial charge in [0, 0.05) is 5.57 Å². The van der Waals surface area contributed by atoms with Crippen molar-refractivity contribution in [2.75, 3.05) is 0 Å². The lowest BCUT2D eigenvalue weighted by atomic mass is 9.59. The van der Waals surface area contributed by atoms with E-state index in [1.165, 1.54) is 24.8 Å². The van der Waals surface area contributed by atoms with Crippen LogP contribution in [0.15, 0.2) is 22.8 Å². The van der Waals surface area contributed by atoms with Crippen molar-refractivity contribution < 1.29 is 9.53 Å². The first-order valence-corrected chi connectivity index (χ1v) is 8.43. The van der Waals surface area contributed by atoms with E-state index in [1.807, 2.05) is 0 Å². The molecule has 0 unspecified atom stereocenters. The number of hydrogen-bond donors (Lipinski definition) is 0. The summed E-state index contributed by atoms with van der Waals surface area (Å²) in [6, 6.07) is 0. The van der Waals surface area contributed by atoms with Crippen LogP contribution < -0.4 is 0 Å². The maximum atomic E-state index is 12.2. The van der Waals surface area contributed by atoms with Crippen LogP contribution in [0, 0.1) is 17.3 Å². The summed E-state index contributed by atoms with van der Waals surface area (Å²) in [7, 11) is 0. The molecule has 0 bridgehead atoms. The molecule has 0 aromatic rings. The van der Waals surface area contributed by atoms with Gasteiger partial charge in [0.15, 0.2) is 5.60 Å². The highest BCUT2D eigenvalue weighted by Gasteiger charge is 2.49. The third-order valence-electron chi connectivity index (χ3n) is 6.07. The first-order chi connectivity index (χ1) is 9.77. The van der Waals surface area contributed by atoms with Gasteiger partial charge in [0.2, 0.25) is 0 Å². The highest BCUT2D eigenvalue weighted by atomic mass is 16.6. The number of esters is 1. The third-order valence-corrected chi connectivity index (χ3v) is 6.07. The van der Waals surface area contributed by atoms with E-state index < -0.39 is 5.60 Å². The summed E-state index contributed by atoms with van der Waals surface area (Å²) in [5.41, 5.74) is 3.74. The van der Waals surface area contributed by atoms with E-state index >= 15 is 0 Å². The molecule has 1 heterocycles. The molecule has 0 aromatic heterocycles. The molecule has 1 aliphatic heterocycles. The van der Waals surface area contributed by atoms with Crippen molar-refractivity contribution in [3.05, 3.63) is 22.8 Å². The minimum Gasteiger partial charge on any atom is -0.447 e. The second kappa shape index (κ2) is 4.72. The highest BCUT2D eigenvalue weighted by molar-refractivity contribution is 5.92. The molecule has 2 atom stereocenters. The van der Waals surface area contributed by atoms with Gasteiger partial charge in [0.25, 0.3) is 0 Å². The Morgan fingerprint density at radius 2 is 2.00 bits per heavy atom. The van der Waals surface area contributed by atoms with Gasteiger partial charge in [0.05, 0.1) is 0 Å². The highest BCUT2D eigenvalue weighted by Crippen LogP contribution is 2.54. The summed E-state index contributed by atoms with van der Waals surface area (Å²) < 4.78 is 5.90. The number of carbonyl (C=O) groups excluding carboxylic acids is 1. The zero-order valence-electron chi connectivity index (χ0n) is 14.1. The normalized spacial score (nSPS) is 35.0. The molecule has 21 heavy (non-hydrogen) atoms. The minimum absolute atomic E-state index is 0.0986. The standard InChI is InChI=1S/C19H28O2/c1-12(2)15-11-19(21-17(15)20)10-8-16-14(13(19)3)7-6-9-18(16,4)5/h11-12,16H,6-10H2,1-5H3/t16-,19-/m1/s1. The molecule has 0 amide bonds. The lowest BCUT2D eigenvalue weighted by Crippen LogP contribution is -2.41. The third kappa shape index (κ3) is 2.18. The zero-order valence-corrected chi connectivity index (χ0v) is 14.1. The molecule has 2 aliphatic carbocycles. The summed E-state index contributed by atoms with van der Waals surface area (Å²) in [5, 5.41) is 0. The summed E-state index contributed by atoms with van der Waals surface area (Å²) in [6.07, 6.45) is 8.01. The van der Waals surface area contributed by atoms with Crippen LogP contribution in [-0.2, 0) is 9.53 Å². The quantitative estimate of drug-likeness (QED) is 0.511. The van der Waals surface area contributed by atoms with Gasteiger partial charge in [-0.1, -0.05) is 33.3 Å². The maximum absolute atomic E-state index is 12.2. The van der Waals surface area contributed by atoms with Gasteiger partial charge in [-0.3, -0.25) is 0 Å². The van der Waals surface area contributed by atoms with E-state index in [1.54, 1.807) is 5.57 Å². The lowest BCUT2D eigenvalue weighted by Gasteiger charge is -2.47. The van der Waals surface area contributed by atoms with E-state index in [9.17, 15) is 4.79 Å². The fourth-order valence-electron chi connectivity index (χ4n) is 4.66. The Hall–Kier alpha value is -1.05. The maximum Gasteiger partial charge on any atom is 0.335 e. The molecule has 1 spiro atoms. The molecular formula is C19H28O2. The lowest BCUT2D eigenvalue weighted by molar-refractivity contribution is -0.145. The average Bonchev–Trinajstić information content (AvgIpc) is 2.72. The number of carbonyl (C=O) groups is 1. The Bertz CT molecular complexity index is 536. The van der Waals surface area contributed by atoms with E-state index in [-0.39, 0.29) is 11.9 Å². The molecule has 3 aliphatic rings. The summed E-state index contributed by atoms with van der Waals surface area (Å²) in [5.74, 6) is 0.820. The Morgan fingerprint density at radius 1 is 1.29 bits per heavy atom. The molecule has 0 radical (unpaired) electrons. The average molecular weight is 288 g/mol. The van der Waals surface area contributed by atoms with Crippen LogP contribution in [0.3, 0.4) is 0 Å². The molecule has 1 saturated carbocycles. The molecule has 0 N–H and O–H groups in total. The van der Waals surface area contributed by atoms with E-state index in [0.717, 1.165) is 18.4 Å². The van der Waals surface area contributed by atoms with Gasteiger partial charge in [-0.15, -0.1) is 0 Å². The van der Waals surface area contributed by atoms with Crippen LogP contribution in [0.2, 0.25) is 0 Å². The fraction of sp³-hybridized carbons (Fsp3) is 0.737. The van der Waals surface area contributed by atoms with Crippen LogP contribution >= 0.6 is 0 Å². The van der Waals surface area contributed by atoms with Crippen LogP contribution in [0.25, 0.3) is 0 Å². The van der Waals surface area contributed by atoms with Gasteiger partial charge in [0.1, 0.15) is 0 Å². The van der Waals surface area contributed by atoms with Gasteiger partial charge >= 0.3 is 5.97 Å². The first kappa shape index (κ1) is 14.9. The van der Waals surface area contributed by atoms with Crippen molar-refractivity contribution in [1.29, 1.82) is 0 Å². The number of fused-ring (bicyclic) bond motifs is 1. The molecule has 2 nitrogen and oxygen atoms in total. The van der Waals surface area contributed by atoms with Gasteiger partial charge in [-0.25, -0.2) is 4.79 Å². The van der Waals surface area contributed by atoms with Crippen molar-refractivity contribution >= 4 is 5.97 Å². The molecule has 0 aromatic carbocycles. The Morgan fingerprint density at radius 3 is 2.62 bits per heavy atom. The molecular weight excluding hydrogens is 260 g/mol. The second-order valence-corrected chi connectivity index (χ2v) is 8.12. The van der Waals surface area contributed by atoms with Crippen molar-refractivity contribution in [3.63, 3.8) is 0 Å². The van der Waals surface area contributed by atoms with Crippen LogP contribution in [0.1, 0.15) is 66.7 Å². The Kier molecular flexibility index (Phi) is 3.35. The number of hydrogen-bond acceptors (Lipinski definition) is 2. The number of ether oxygens (including phenoxy) is 1. The van der Waals surface area contributed by atoms with Crippen molar-refractivity contribution in [2.45, 2.75) is 72.3 Å². The van der Waals surface area contributed by atoms with Crippen LogP contribution in [-0.4, -0.2) is 11.6 Å². The molecule has 1 fully saturated rings. The Labute approximate surface area is 128 Å². The van der Waals surface area contributed by atoms with E-state index in [4.69, 9.17) is 4.74 Å². The molecule has 116 valence electrons. The predicted octanol–water partition coefficient (Wildman–Crippen LogP) is 4.80. The molecule has 3 rings (SSSR count). The largest absolute Gasteiger partial charge is 0.447 e. The van der Waals surface area contributed by atoms with Gasteiger partial charge in [-0.05, 0) is 67.9 Å².